The number of carboxylic acid groups (broad SMARTS) is 1. The van der Waals surface area contributed by atoms with E-state index < -0.39 is 10.9 Å². The van der Waals surface area contributed by atoms with Gasteiger partial charge in [0.25, 0.3) is 0 Å². The third-order valence-corrected chi connectivity index (χ3v) is 3.06. The van der Waals surface area contributed by atoms with Crippen molar-refractivity contribution >= 4 is 17.3 Å². The summed E-state index contributed by atoms with van der Waals surface area (Å²) >= 11 is 0. The largest absolute Gasteiger partial charge is 0.487 e. The quantitative estimate of drug-likeness (QED) is 0.607. The molecule has 1 N–H and O–H groups in total. The van der Waals surface area contributed by atoms with Crippen LogP contribution in [0.5, 0.6) is 5.75 Å². The van der Waals surface area contributed by atoms with Gasteiger partial charge in [0.2, 0.25) is 0 Å². The second kappa shape index (κ2) is 5.77. The fraction of sp³-hybridized carbons (Fsp3) is 0.462. The topological polar surface area (TPSA) is 92.9 Å². The molecule has 7 heteroatoms. The van der Waals surface area contributed by atoms with Crippen LogP contribution in [-0.4, -0.2) is 35.2 Å². The minimum Gasteiger partial charge on any atom is -0.487 e. The Hall–Kier alpha value is -2.31. The summed E-state index contributed by atoms with van der Waals surface area (Å²) in [6, 6.07) is 4.67. The maximum Gasteiger partial charge on any atom is 0.323 e. The van der Waals surface area contributed by atoms with Crippen molar-refractivity contribution in [2.75, 3.05) is 18.1 Å². The molecule has 0 saturated heterocycles. The molecule has 0 radical (unpaired) electrons. The highest BCUT2D eigenvalue weighted by Gasteiger charge is 2.31. The summed E-state index contributed by atoms with van der Waals surface area (Å²) < 4.78 is 5.28. The lowest BCUT2D eigenvalue weighted by Crippen LogP contribution is -2.31. The van der Waals surface area contributed by atoms with E-state index in [1.807, 2.05) is 0 Å². The lowest BCUT2D eigenvalue weighted by Gasteiger charge is -2.23. The molecule has 1 fully saturated rings. The zero-order valence-electron chi connectivity index (χ0n) is 11.1. The van der Waals surface area contributed by atoms with E-state index in [1.165, 1.54) is 6.07 Å². The van der Waals surface area contributed by atoms with Crippen LogP contribution < -0.4 is 9.64 Å². The fourth-order valence-electron chi connectivity index (χ4n) is 2.07. The SMILES string of the molecule is CCOc1cc(N(CC(=O)O)C2CC2)ccc1[N+](=O)[O-]. The van der Waals surface area contributed by atoms with E-state index in [9.17, 15) is 14.9 Å². The molecule has 0 heterocycles. The third kappa shape index (κ3) is 3.17. The van der Waals surface area contributed by atoms with Gasteiger partial charge in [-0.2, -0.15) is 0 Å². The predicted molar refractivity (Wildman–Crippen MR) is 72.3 cm³/mol. The van der Waals surface area contributed by atoms with Crippen molar-refractivity contribution in [3.8, 4) is 5.75 Å². The number of hydrogen-bond acceptors (Lipinski definition) is 5. The molecule has 20 heavy (non-hydrogen) atoms. The van der Waals surface area contributed by atoms with Crippen molar-refractivity contribution in [3.05, 3.63) is 28.3 Å². The van der Waals surface area contributed by atoms with Gasteiger partial charge in [-0.1, -0.05) is 0 Å². The minimum absolute atomic E-state index is 0.110. The van der Waals surface area contributed by atoms with E-state index in [4.69, 9.17) is 9.84 Å². The number of hydrogen-bond donors (Lipinski definition) is 1. The van der Waals surface area contributed by atoms with Crippen LogP contribution >= 0.6 is 0 Å². The van der Waals surface area contributed by atoms with Crippen molar-refractivity contribution in [2.24, 2.45) is 0 Å². The van der Waals surface area contributed by atoms with Crippen LogP contribution in [0, 0.1) is 10.1 Å². The summed E-state index contributed by atoms with van der Waals surface area (Å²) in [5.41, 5.74) is 0.533. The van der Waals surface area contributed by atoms with Gasteiger partial charge in [0, 0.05) is 23.9 Å². The van der Waals surface area contributed by atoms with Crippen molar-refractivity contribution in [1.29, 1.82) is 0 Å². The monoisotopic (exact) mass is 280 g/mol. The Balaban J connectivity index is 2.32. The lowest BCUT2D eigenvalue weighted by molar-refractivity contribution is -0.385. The average Bonchev–Trinajstić information content (AvgIpc) is 3.20. The van der Waals surface area contributed by atoms with Crippen LogP contribution in [0.4, 0.5) is 11.4 Å². The number of anilines is 1. The van der Waals surface area contributed by atoms with E-state index in [0.29, 0.717) is 12.3 Å². The van der Waals surface area contributed by atoms with Crippen LogP contribution in [-0.2, 0) is 4.79 Å². The Labute approximate surface area is 115 Å². The van der Waals surface area contributed by atoms with Crippen molar-refractivity contribution in [2.45, 2.75) is 25.8 Å². The van der Waals surface area contributed by atoms with Crippen molar-refractivity contribution in [1.82, 2.24) is 0 Å². The van der Waals surface area contributed by atoms with E-state index in [-0.39, 0.29) is 24.0 Å². The second-order valence-electron chi connectivity index (χ2n) is 4.59. The van der Waals surface area contributed by atoms with Gasteiger partial charge in [-0.15, -0.1) is 0 Å². The highest BCUT2D eigenvalue weighted by atomic mass is 16.6. The lowest BCUT2D eigenvalue weighted by atomic mass is 10.2. The molecule has 0 amide bonds. The molecule has 7 nitrogen and oxygen atoms in total. The first kappa shape index (κ1) is 14.1. The highest BCUT2D eigenvalue weighted by Crippen LogP contribution is 2.36. The number of nitro benzene ring substituents is 1. The summed E-state index contributed by atoms with van der Waals surface area (Å²) in [5.74, 6) is -0.751. The summed E-state index contributed by atoms with van der Waals surface area (Å²) in [4.78, 5) is 23.1. The number of rotatable bonds is 7. The van der Waals surface area contributed by atoms with Crippen LogP contribution in [0.15, 0.2) is 18.2 Å². The number of benzene rings is 1. The van der Waals surface area contributed by atoms with Crippen molar-refractivity contribution < 1.29 is 19.6 Å². The minimum atomic E-state index is -0.923. The molecule has 1 aliphatic carbocycles. The third-order valence-electron chi connectivity index (χ3n) is 3.06. The fourth-order valence-corrected chi connectivity index (χ4v) is 2.07. The molecule has 0 atom stereocenters. The first-order valence-corrected chi connectivity index (χ1v) is 6.42. The zero-order valence-corrected chi connectivity index (χ0v) is 11.1. The number of nitrogens with zero attached hydrogens (tertiary/aromatic N) is 2. The number of carbonyl (C=O) groups is 1. The molecule has 0 bridgehead atoms. The summed E-state index contributed by atoms with van der Waals surface area (Å²) in [7, 11) is 0. The molecule has 2 rings (SSSR count). The van der Waals surface area contributed by atoms with E-state index >= 15 is 0 Å². The molecular weight excluding hydrogens is 264 g/mol. The Morgan fingerprint density at radius 1 is 1.55 bits per heavy atom. The standard InChI is InChI=1S/C13H16N2O5/c1-2-20-12-7-10(5-6-11(12)15(18)19)14(8-13(16)17)9-3-4-9/h5-7,9H,2-4,8H2,1H3,(H,16,17). The van der Waals surface area contributed by atoms with Crippen molar-refractivity contribution in [3.63, 3.8) is 0 Å². The molecule has 1 aliphatic rings. The summed E-state index contributed by atoms with van der Waals surface area (Å²) in [6.45, 7) is 1.94. The first-order chi connectivity index (χ1) is 9.52. The number of nitro groups is 1. The molecule has 1 saturated carbocycles. The second-order valence-corrected chi connectivity index (χ2v) is 4.59. The average molecular weight is 280 g/mol. The molecule has 0 aromatic heterocycles. The van der Waals surface area contributed by atoms with E-state index in [2.05, 4.69) is 0 Å². The van der Waals surface area contributed by atoms with Gasteiger partial charge < -0.3 is 14.7 Å². The molecular formula is C13H16N2O5. The molecule has 1 aromatic rings. The van der Waals surface area contributed by atoms with Crippen LogP contribution in [0.3, 0.4) is 0 Å². The molecule has 0 spiro atoms. The number of aliphatic carboxylic acids is 1. The van der Waals surface area contributed by atoms with Crippen LogP contribution in [0.2, 0.25) is 0 Å². The highest BCUT2D eigenvalue weighted by molar-refractivity contribution is 5.75. The Morgan fingerprint density at radius 3 is 2.75 bits per heavy atom. The smallest absolute Gasteiger partial charge is 0.323 e. The summed E-state index contributed by atoms with van der Waals surface area (Å²) in [6.07, 6.45) is 1.88. The Kier molecular flexibility index (Phi) is 4.07. The van der Waals surface area contributed by atoms with Crippen LogP contribution in [0.1, 0.15) is 19.8 Å². The number of ether oxygens (including phenoxy) is 1. The Morgan fingerprint density at radius 2 is 2.25 bits per heavy atom. The maximum atomic E-state index is 10.9. The molecule has 1 aromatic carbocycles. The normalized spacial score (nSPS) is 13.8. The Bertz CT molecular complexity index is 527. The molecule has 0 aliphatic heterocycles. The van der Waals surface area contributed by atoms with Gasteiger partial charge >= 0.3 is 11.7 Å². The predicted octanol–water partition coefficient (Wildman–Crippen LogP) is 2.05. The van der Waals surface area contributed by atoms with Gasteiger partial charge in [-0.3, -0.25) is 14.9 Å². The van der Waals surface area contributed by atoms with Gasteiger partial charge in [-0.25, -0.2) is 0 Å². The first-order valence-electron chi connectivity index (χ1n) is 6.42. The summed E-state index contributed by atoms with van der Waals surface area (Å²) in [5, 5.41) is 19.9. The number of carboxylic acids is 1. The molecule has 108 valence electrons. The van der Waals surface area contributed by atoms with E-state index in [1.54, 1.807) is 24.0 Å². The zero-order chi connectivity index (χ0) is 14.7. The van der Waals surface area contributed by atoms with Gasteiger partial charge in [0.15, 0.2) is 5.75 Å². The van der Waals surface area contributed by atoms with Gasteiger partial charge in [0.05, 0.1) is 11.5 Å². The molecule has 0 unspecified atom stereocenters. The van der Waals surface area contributed by atoms with Gasteiger partial charge in [0.1, 0.15) is 6.54 Å². The van der Waals surface area contributed by atoms with E-state index in [0.717, 1.165) is 12.8 Å². The van der Waals surface area contributed by atoms with Gasteiger partial charge in [-0.05, 0) is 25.8 Å². The van der Waals surface area contributed by atoms with Crippen LogP contribution in [0.25, 0.3) is 0 Å². The maximum absolute atomic E-state index is 10.9.